The fraction of sp³-hybridized carbons (Fsp3) is 0.385. The Balaban J connectivity index is 1.77. The van der Waals surface area contributed by atoms with Crippen molar-refractivity contribution in [2.24, 2.45) is 0 Å². The average Bonchev–Trinajstić information content (AvgIpc) is 3.11. The van der Waals surface area contributed by atoms with E-state index in [-0.39, 0.29) is 12.6 Å². The van der Waals surface area contributed by atoms with E-state index in [0.29, 0.717) is 10.7 Å². The van der Waals surface area contributed by atoms with Gasteiger partial charge in [-0.25, -0.2) is 4.79 Å². The molecule has 3 N–H and O–H groups in total. The summed E-state index contributed by atoms with van der Waals surface area (Å²) in [5.74, 6) is -0.394. The van der Waals surface area contributed by atoms with Gasteiger partial charge >= 0.3 is 6.03 Å². The highest BCUT2D eigenvalue weighted by Gasteiger charge is 2.23. The third-order valence-electron chi connectivity index (χ3n) is 2.73. The van der Waals surface area contributed by atoms with Crippen LogP contribution in [0.25, 0.3) is 0 Å². The molecular formula is C13H16ClN3O2. The average molecular weight is 282 g/mol. The van der Waals surface area contributed by atoms with Gasteiger partial charge in [-0.05, 0) is 37.5 Å². The highest BCUT2D eigenvalue weighted by atomic mass is 35.5. The van der Waals surface area contributed by atoms with E-state index < -0.39 is 11.9 Å². The van der Waals surface area contributed by atoms with Crippen molar-refractivity contribution in [1.29, 1.82) is 0 Å². The first kappa shape index (κ1) is 13.7. The number of hydrogen-bond donors (Lipinski definition) is 3. The molecule has 0 saturated heterocycles. The predicted molar refractivity (Wildman–Crippen MR) is 74.4 cm³/mol. The zero-order chi connectivity index (χ0) is 13.8. The summed E-state index contributed by atoms with van der Waals surface area (Å²) in [6.07, 6.45) is 1.97. The van der Waals surface area contributed by atoms with Crippen molar-refractivity contribution in [3.63, 3.8) is 0 Å². The topological polar surface area (TPSA) is 70.2 Å². The van der Waals surface area contributed by atoms with Gasteiger partial charge in [0, 0.05) is 6.04 Å². The SMILES string of the molecule is Cc1ccc(NCC(=O)NC(=O)NC2CC2)c(Cl)c1. The number of anilines is 1. The van der Waals surface area contributed by atoms with Crippen LogP contribution >= 0.6 is 11.6 Å². The molecule has 102 valence electrons. The molecule has 1 aliphatic carbocycles. The maximum atomic E-state index is 11.5. The van der Waals surface area contributed by atoms with Gasteiger partial charge in [0.25, 0.3) is 0 Å². The lowest BCUT2D eigenvalue weighted by molar-refractivity contribution is -0.118. The molecule has 0 heterocycles. The van der Waals surface area contributed by atoms with Gasteiger partial charge in [-0.1, -0.05) is 17.7 Å². The Labute approximate surface area is 116 Å². The van der Waals surface area contributed by atoms with Crippen molar-refractivity contribution in [2.45, 2.75) is 25.8 Å². The number of hydrogen-bond acceptors (Lipinski definition) is 3. The maximum absolute atomic E-state index is 11.5. The molecule has 6 heteroatoms. The smallest absolute Gasteiger partial charge is 0.321 e. The van der Waals surface area contributed by atoms with Crippen molar-refractivity contribution < 1.29 is 9.59 Å². The van der Waals surface area contributed by atoms with Crippen LogP contribution in [0.1, 0.15) is 18.4 Å². The van der Waals surface area contributed by atoms with E-state index in [9.17, 15) is 9.59 Å². The van der Waals surface area contributed by atoms with Gasteiger partial charge in [0.2, 0.25) is 5.91 Å². The van der Waals surface area contributed by atoms with E-state index in [2.05, 4.69) is 16.0 Å². The number of benzene rings is 1. The lowest BCUT2D eigenvalue weighted by Gasteiger charge is -2.09. The summed E-state index contributed by atoms with van der Waals surface area (Å²) in [5, 5.41) is 8.38. The summed E-state index contributed by atoms with van der Waals surface area (Å²) in [4.78, 5) is 22.9. The first-order chi connectivity index (χ1) is 9.04. The van der Waals surface area contributed by atoms with Gasteiger partial charge in [-0.3, -0.25) is 10.1 Å². The van der Waals surface area contributed by atoms with Crippen LogP contribution in [0.2, 0.25) is 5.02 Å². The number of nitrogens with one attached hydrogen (secondary N) is 3. The molecule has 5 nitrogen and oxygen atoms in total. The second kappa shape index (κ2) is 5.93. The van der Waals surface area contributed by atoms with E-state index in [1.54, 1.807) is 6.07 Å². The molecule has 0 bridgehead atoms. The molecule has 19 heavy (non-hydrogen) atoms. The third kappa shape index (κ3) is 4.44. The van der Waals surface area contributed by atoms with E-state index in [4.69, 9.17) is 11.6 Å². The molecule has 0 radical (unpaired) electrons. The van der Waals surface area contributed by atoms with Crippen LogP contribution in [0.3, 0.4) is 0 Å². The largest absolute Gasteiger partial charge is 0.375 e. The second-order valence-electron chi connectivity index (χ2n) is 4.63. The molecule has 0 aromatic heterocycles. The van der Waals surface area contributed by atoms with Crippen molar-refractivity contribution in [3.05, 3.63) is 28.8 Å². The predicted octanol–water partition coefficient (Wildman–Crippen LogP) is 2.05. The van der Waals surface area contributed by atoms with Crippen LogP contribution in [-0.4, -0.2) is 24.5 Å². The van der Waals surface area contributed by atoms with Gasteiger partial charge < -0.3 is 10.6 Å². The normalized spacial score (nSPS) is 13.8. The lowest BCUT2D eigenvalue weighted by Crippen LogP contribution is -2.42. The Hall–Kier alpha value is -1.75. The van der Waals surface area contributed by atoms with Crippen LogP contribution in [0, 0.1) is 6.92 Å². The molecule has 0 spiro atoms. The zero-order valence-corrected chi connectivity index (χ0v) is 11.4. The Bertz CT molecular complexity index is 501. The lowest BCUT2D eigenvalue weighted by atomic mass is 10.2. The van der Waals surface area contributed by atoms with E-state index in [1.165, 1.54) is 0 Å². The molecule has 1 aromatic carbocycles. The number of amides is 3. The van der Waals surface area contributed by atoms with Crippen LogP contribution in [-0.2, 0) is 4.79 Å². The Morgan fingerprint density at radius 3 is 2.74 bits per heavy atom. The second-order valence-corrected chi connectivity index (χ2v) is 5.04. The molecule has 0 aliphatic heterocycles. The Kier molecular flexibility index (Phi) is 4.27. The van der Waals surface area contributed by atoms with Crippen molar-refractivity contribution in [3.8, 4) is 0 Å². The van der Waals surface area contributed by atoms with E-state index >= 15 is 0 Å². The van der Waals surface area contributed by atoms with Crippen molar-refractivity contribution in [2.75, 3.05) is 11.9 Å². The number of urea groups is 1. The van der Waals surface area contributed by atoms with Crippen LogP contribution in [0.4, 0.5) is 10.5 Å². The van der Waals surface area contributed by atoms with E-state index in [0.717, 1.165) is 18.4 Å². The molecule has 1 aromatic rings. The molecule has 1 aliphatic rings. The minimum absolute atomic E-state index is 0.000861. The molecule has 0 unspecified atom stereocenters. The molecule has 2 rings (SSSR count). The quantitative estimate of drug-likeness (QED) is 0.791. The van der Waals surface area contributed by atoms with Gasteiger partial charge in [0.1, 0.15) is 0 Å². The number of carbonyl (C=O) groups excluding carboxylic acids is 2. The van der Waals surface area contributed by atoms with Crippen molar-refractivity contribution >= 4 is 29.2 Å². The third-order valence-corrected chi connectivity index (χ3v) is 3.04. The van der Waals surface area contributed by atoms with Gasteiger partial charge in [-0.15, -0.1) is 0 Å². The highest BCUT2D eigenvalue weighted by molar-refractivity contribution is 6.33. The summed E-state index contributed by atoms with van der Waals surface area (Å²) in [6, 6.07) is 5.29. The molecule has 0 atom stereocenters. The Morgan fingerprint density at radius 2 is 2.11 bits per heavy atom. The van der Waals surface area contributed by atoms with Gasteiger partial charge in [0.15, 0.2) is 0 Å². The number of halogens is 1. The van der Waals surface area contributed by atoms with E-state index in [1.807, 2.05) is 19.1 Å². The number of carbonyl (C=O) groups is 2. The minimum atomic E-state index is -0.440. The molecule has 3 amide bonds. The fourth-order valence-corrected chi connectivity index (χ4v) is 1.86. The number of rotatable bonds is 4. The minimum Gasteiger partial charge on any atom is -0.375 e. The monoisotopic (exact) mass is 281 g/mol. The maximum Gasteiger partial charge on any atom is 0.321 e. The Morgan fingerprint density at radius 1 is 1.37 bits per heavy atom. The summed E-state index contributed by atoms with van der Waals surface area (Å²) in [6.45, 7) is 1.94. The van der Waals surface area contributed by atoms with Crippen LogP contribution in [0.15, 0.2) is 18.2 Å². The summed E-state index contributed by atoms with van der Waals surface area (Å²) >= 11 is 6.02. The molecule has 1 saturated carbocycles. The molecular weight excluding hydrogens is 266 g/mol. The summed E-state index contributed by atoms with van der Waals surface area (Å²) in [7, 11) is 0. The fourth-order valence-electron chi connectivity index (χ4n) is 1.56. The summed E-state index contributed by atoms with van der Waals surface area (Å²) in [5.41, 5.74) is 1.72. The van der Waals surface area contributed by atoms with Gasteiger partial charge in [-0.2, -0.15) is 0 Å². The van der Waals surface area contributed by atoms with Crippen molar-refractivity contribution in [1.82, 2.24) is 10.6 Å². The number of imide groups is 1. The number of aryl methyl sites for hydroxylation is 1. The first-order valence-corrected chi connectivity index (χ1v) is 6.53. The highest BCUT2D eigenvalue weighted by Crippen LogP contribution is 2.22. The molecule has 1 fully saturated rings. The first-order valence-electron chi connectivity index (χ1n) is 6.15. The standard InChI is InChI=1S/C13H16ClN3O2/c1-8-2-5-11(10(14)6-8)15-7-12(18)17-13(19)16-9-3-4-9/h2,5-6,9,15H,3-4,7H2,1H3,(H2,16,17,18,19). The summed E-state index contributed by atoms with van der Waals surface area (Å²) < 4.78 is 0. The van der Waals surface area contributed by atoms with Gasteiger partial charge in [0.05, 0.1) is 17.3 Å². The van der Waals surface area contributed by atoms with Crippen LogP contribution in [0.5, 0.6) is 0 Å². The zero-order valence-electron chi connectivity index (χ0n) is 10.6. The van der Waals surface area contributed by atoms with Crippen LogP contribution < -0.4 is 16.0 Å².